The Morgan fingerprint density at radius 3 is 1.75 bits per heavy atom. The number of rotatable bonds is 3. The van der Waals surface area contributed by atoms with Crippen LogP contribution in [0.15, 0.2) is 182 Å². The van der Waals surface area contributed by atoms with Crippen molar-refractivity contribution in [2.45, 2.75) is 0 Å². The van der Waals surface area contributed by atoms with Gasteiger partial charge in [0, 0.05) is 64.0 Å². The summed E-state index contributed by atoms with van der Waals surface area (Å²) in [6.07, 6.45) is 0. The van der Waals surface area contributed by atoms with E-state index in [9.17, 15) is 0 Å². The maximum absolute atomic E-state index is 2.51. The summed E-state index contributed by atoms with van der Waals surface area (Å²) >= 11 is 1.91. The second kappa shape index (κ2) is 10.9. The minimum atomic E-state index is 1.17. The Bertz CT molecular complexity index is 3440. The summed E-state index contributed by atoms with van der Waals surface area (Å²) in [5.74, 6) is 0. The van der Waals surface area contributed by atoms with Gasteiger partial charge in [-0.05, 0) is 76.3 Å². The molecule has 53 heavy (non-hydrogen) atoms. The molecule has 0 atom stereocenters. The predicted molar refractivity (Wildman–Crippen MR) is 228 cm³/mol. The summed E-state index contributed by atoms with van der Waals surface area (Å²) in [6, 6.07) is 67.1. The molecule has 12 rings (SSSR count). The van der Waals surface area contributed by atoms with Gasteiger partial charge in [-0.3, -0.25) is 0 Å². The lowest BCUT2D eigenvalue weighted by atomic mass is 9.91. The SMILES string of the molecule is c1ccc(-n2c3ccccc3c3cc(-c4c5c(cc6c4c4ccc7ccccc7c4n6-c4ccccc4)sc4ccc6ccccc6c45)ccc32)cc1. The van der Waals surface area contributed by atoms with Gasteiger partial charge in [0.15, 0.2) is 0 Å². The van der Waals surface area contributed by atoms with Crippen molar-refractivity contribution in [3.05, 3.63) is 182 Å². The number of benzene rings is 9. The minimum absolute atomic E-state index is 1.17. The van der Waals surface area contributed by atoms with Crippen LogP contribution in [-0.2, 0) is 0 Å². The van der Waals surface area contributed by atoms with Gasteiger partial charge in [-0.1, -0.05) is 127 Å². The molecule has 0 saturated carbocycles. The average molecular weight is 691 g/mol. The zero-order valence-corrected chi connectivity index (χ0v) is 29.4. The van der Waals surface area contributed by atoms with E-state index in [1.54, 1.807) is 0 Å². The second-order valence-corrected chi connectivity index (χ2v) is 15.1. The van der Waals surface area contributed by atoms with Crippen molar-refractivity contribution >= 4 is 96.7 Å². The van der Waals surface area contributed by atoms with Crippen molar-refractivity contribution in [3.63, 3.8) is 0 Å². The molecule has 9 aromatic carbocycles. The monoisotopic (exact) mass is 690 g/mol. The molecule has 0 saturated heterocycles. The average Bonchev–Trinajstić information content (AvgIpc) is 3.88. The lowest BCUT2D eigenvalue weighted by molar-refractivity contribution is 1.18. The summed E-state index contributed by atoms with van der Waals surface area (Å²) in [4.78, 5) is 0. The molecule has 0 aliphatic carbocycles. The number of hydrogen-bond donors (Lipinski definition) is 0. The molecule has 0 spiro atoms. The van der Waals surface area contributed by atoms with Gasteiger partial charge in [-0.25, -0.2) is 0 Å². The molecule has 12 aromatic rings. The first-order valence-corrected chi connectivity index (χ1v) is 19.0. The van der Waals surface area contributed by atoms with E-state index >= 15 is 0 Å². The van der Waals surface area contributed by atoms with Crippen LogP contribution in [0, 0.1) is 0 Å². The molecular formula is C50H30N2S. The minimum Gasteiger partial charge on any atom is -0.309 e. The van der Waals surface area contributed by atoms with Gasteiger partial charge in [0.2, 0.25) is 0 Å². The van der Waals surface area contributed by atoms with Gasteiger partial charge in [0.25, 0.3) is 0 Å². The Morgan fingerprint density at radius 1 is 0.340 bits per heavy atom. The van der Waals surface area contributed by atoms with E-state index in [2.05, 4.69) is 191 Å². The lowest BCUT2D eigenvalue weighted by Gasteiger charge is -2.12. The van der Waals surface area contributed by atoms with Crippen molar-refractivity contribution in [2.24, 2.45) is 0 Å². The van der Waals surface area contributed by atoms with Crippen molar-refractivity contribution < 1.29 is 0 Å². The summed E-state index contributed by atoms with van der Waals surface area (Å²) in [5, 5.41) is 12.8. The van der Waals surface area contributed by atoms with Gasteiger partial charge in [-0.15, -0.1) is 11.3 Å². The summed E-state index contributed by atoms with van der Waals surface area (Å²) < 4.78 is 7.54. The van der Waals surface area contributed by atoms with Gasteiger partial charge in [0.1, 0.15) is 0 Å². The predicted octanol–water partition coefficient (Wildman–Crippen LogP) is 14.2. The summed E-state index contributed by atoms with van der Waals surface area (Å²) in [6.45, 7) is 0. The number of aromatic nitrogens is 2. The number of thiophene rings is 1. The van der Waals surface area contributed by atoms with Crippen LogP contribution < -0.4 is 0 Å². The molecule has 0 aliphatic heterocycles. The maximum atomic E-state index is 2.51. The smallest absolute Gasteiger partial charge is 0.0619 e. The maximum Gasteiger partial charge on any atom is 0.0619 e. The molecule has 3 heteroatoms. The van der Waals surface area contributed by atoms with E-state index in [4.69, 9.17) is 0 Å². The molecule has 0 aliphatic rings. The third-order valence-electron chi connectivity index (χ3n) is 11.3. The van der Waals surface area contributed by atoms with Crippen LogP contribution in [0.4, 0.5) is 0 Å². The second-order valence-electron chi connectivity index (χ2n) is 14.1. The van der Waals surface area contributed by atoms with Gasteiger partial charge in [-0.2, -0.15) is 0 Å². The first kappa shape index (κ1) is 29.0. The zero-order valence-electron chi connectivity index (χ0n) is 28.6. The van der Waals surface area contributed by atoms with Crippen LogP contribution in [-0.4, -0.2) is 9.13 Å². The molecule has 246 valence electrons. The van der Waals surface area contributed by atoms with Crippen LogP contribution in [0.2, 0.25) is 0 Å². The Hall–Kier alpha value is -6.68. The van der Waals surface area contributed by atoms with Crippen molar-refractivity contribution in [1.82, 2.24) is 9.13 Å². The van der Waals surface area contributed by atoms with E-state index in [1.165, 1.54) is 108 Å². The van der Waals surface area contributed by atoms with Gasteiger partial charge < -0.3 is 9.13 Å². The van der Waals surface area contributed by atoms with E-state index in [0.717, 1.165) is 0 Å². The molecule has 2 nitrogen and oxygen atoms in total. The topological polar surface area (TPSA) is 9.86 Å². The third kappa shape index (κ3) is 4.03. The normalized spacial score (nSPS) is 12.2. The van der Waals surface area contributed by atoms with Crippen LogP contribution in [0.3, 0.4) is 0 Å². The lowest BCUT2D eigenvalue weighted by Crippen LogP contribution is -1.94. The van der Waals surface area contributed by atoms with Gasteiger partial charge in [0.05, 0.1) is 22.1 Å². The van der Waals surface area contributed by atoms with E-state index in [0.29, 0.717) is 0 Å². The molecule has 0 radical (unpaired) electrons. The molecule has 0 unspecified atom stereocenters. The van der Waals surface area contributed by atoms with E-state index in [-0.39, 0.29) is 0 Å². The van der Waals surface area contributed by atoms with Crippen molar-refractivity contribution in [2.75, 3.05) is 0 Å². The summed E-state index contributed by atoms with van der Waals surface area (Å²) in [7, 11) is 0. The molecule has 3 heterocycles. The standard InChI is InChI=1S/C50H30N2S/c1-3-15-34(16-4-1)51-41-22-12-11-21-38(41)40-29-33(24-27-42(40)51)46-47-39-26-23-32-14-8-10-20-37(32)50(39)52(35-17-5-2-6-18-35)43(47)30-45-49(46)48-36-19-9-7-13-31(36)25-28-44(48)53-45/h1-30H. The Kier molecular flexibility index (Phi) is 5.96. The molecule has 0 N–H and O–H groups in total. The first-order valence-electron chi connectivity index (χ1n) is 18.2. The molecule has 3 aromatic heterocycles. The Balaban J connectivity index is 1.32. The fraction of sp³-hybridized carbons (Fsp3) is 0. The Labute approximate surface area is 309 Å². The van der Waals surface area contributed by atoms with Crippen molar-refractivity contribution in [3.8, 4) is 22.5 Å². The van der Waals surface area contributed by atoms with Crippen molar-refractivity contribution in [1.29, 1.82) is 0 Å². The summed E-state index contributed by atoms with van der Waals surface area (Å²) in [5.41, 5.74) is 9.78. The van der Waals surface area contributed by atoms with Crippen LogP contribution in [0.5, 0.6) is 0 Å². The highest BCUT2D eigenvalue weighted by atomic mass is 32.1. The third-order valence-corrected chi connectivity index (χ3v) is 12.4. The van der Waals surface area contributed by atoms with Crippen LogP contribution in [0.25, 0.3) is 108 Å². The van der Waals surface area contributed by atoms with E-state index < -0.39 is 0 Å². The van der Waals surface area contributed by atoms with Crippen LogP contribution in [0.1, 0.15) is 0 Å². The zero-order chi connectivity index (χ0) is 34.6. The Morgan fingerprint density at radius 2 is 0.962 bits per heavy atom. The first-order chi connectivity index (χ1) is 26.3. The highest BCUT2D eigenvalue weighted by molar-refractivity contribution is 7.26. The largest absolute Gasteiger partial charge is 0.309 e. The fourth-order valence-electron chi connectivity index (χ4n) is 9.07. The number of fused-ring (bicyclic) bond motifs is 13. The highest BCUT2D eigenvalue weighted by Gasteiger charge is 2.24. The molecular weight excluding hydrogens is 661 g/mol. The number of nitrogens with zero attached hydrogens (tertiary/aromatic N) is 2. The molecule has 0 amide bonds. The molecule has 0 bridgehead atoms. The molecule has 0 fully saturated rings. The fourth-order valence-corrected chi connectivity index (χ4v) is 10.2. The van der Waals surface area contributed by atoms with Crippen LogP contribution >= 0.6 is 11.3 Å². The highest BCUT2D eigenvalue weighted by Crippen LogP contribution is 2.51. The number of para-hydroxylation sites is 3. The van der Waals surface area contributed by atoms with E-state index in [1.807, 2.05) is 11.3 Å². The van der Waals surface area contributed by atoms with Gasteiger partial charge >= 0.3 is 0 Å². The quantitative estimate of drug-likeness (QED) is 0.175. The number of hydrogen-bond acceptors (Lipinski definition) is 1.